The van der Waals surface area contributed by atoms with E-state index in [1.807, 2.05) is 84.6 Å². The number of anilines is 1. The van der Waals surface area contributed by atoms with E-state index in [4.69, 9.17) is 30.8 Å². The number of hydrogen-bond donors (Lipinski definition) is 1. The molecule has 0 spiro atoms. The Morgan fingerprint density at radius 1 is 0.972 bits per heavy atom. The lowest BCUT2D eigenvalue weighted by Gasteiger charge is -2.27. The third-order valence-corrected chi connectivity index (χ3v) is 6.43. The Kier molecular flexibility index (Phi) is 6.77. The van der Waals surface area contributed by atoms with Crippen LogP contribution in [0.3, 0.4) is 0 Å². The van der Waals surface area contributed by atoms with E-state index in [0.717, 1.165) is 34.2 Å². The molecule has 1 saturated heterocycles. The fourth-order valence-corrected chi connectivity index (χ4v) is 4.78. The summed E-state index contributed by atoms with van der Waals surface area (Å²) in [4.78, 5) is 6.63. The number of ether oxygens (including phenoxy) is 3. The molecule has 0 saturated carbocycles. The van der Waals surface area contributed by atoms with Gasteiger partial charge in [0.25, 0.3) is 0 Å². The maximum absolute atomic E-state index is 6.45. The molecule has 2 aromatic heterocycles. The van der Waals surface area contributed by atoms with Crippen molar-refractivity contribution in [2.24, 2.45) is 0 Å². The third-order valence-electron chi connectivity index (χ3n) is 6.11. The molecule has 8 heteroatoms. The van der Waals surface area contributed by atoms with Gasteiger partial charge in [0.15, 0.2) is 5.11 Å². The van der Waals surface area contributed by atoms with Crippen molar-refractivity contribution in [3.8, 4) is 28.6 Å². The minimum Gasteiger partial charge on any atom is -0.497 e. The molecule has 184 valence electrons. The fourth-order valence-electron chi connectivity index (χ4n) is 4.44. The van der Waals surface area contributed by atoms with Crippen molar-refractivity contribution in [1.29, 1.82) is 0 Å². The van der Waals surface area contributed by atoms with Gasteiger partial charge in [-0.3, -0.25) is 4.98 Å². The fraction of sp³-hybridized carbons (Fsp3) is 0.214. The second-order valence-electron chi connectivity index (χ2n) is 8.19. The van der Waals surface area contributed by atoms with Crippen LogP contribution in [0.5, 0.6) is 17.2 Å². The van der Waals surface area contributed by atoms with Crippen LogP contribution in [0.4, 0.5) is 5.69 Å². The number of furan rings is 1. The summed E-state index contributed by atoms with van der Waals surface area (Å²) in [5.74, 6) is 3.67. The average molecular weight is 502 g/mol. The normalized spacial score (nSPS) is 17.1. The average Bonchev–Trinajstić information content (AvgIpc) is 3.54. The van der Waals surface area contributed by atoms with Crippen LogP contribution in [0.2, 0.25) is 0 Å². The molecule has 36 heavy (non-hydrogen) atoms. The summed E-state index contributed by atoms with van der Waals surface area (Å²) in [6, 6.07) is 22.8. The zero-order valence-corrected chi connectivity index (χ0v) is 21.1. The van der Waals surface area contributed by atoms with Gasteiger partial charge in [0.05, 0.1) is 38.2 Å². The molecule has 1 aliphatic rings. The number of methoxy groups -OCH3 is 2. The lowest BCUT2D eigenvalue weighted by molar-refractivity contribution is 0.340. The second-order valence-corrected chi connectivity index (χ2v) is 8.58. The first-order valence-electron chi connectivity index (χ1n) is 11.7. The van der Waals surface area contributed by atoms with Gasteiger partial charge in [0.1, 0.15) is 34.8 Å². The summed E-state index contributed by atoms with van der Waals surface area (Å²) in [6.45, 7) is 2.59. The van der Waals surface area contributed by atoms with E-state index < -0.39 is 0 Å². The van der Waals surface area contributed by atoms with E-state index >= 15 is 0 Å². The topological polar surface area (TPSA) is 69.0 Å². The highest BCUT2D eigenvalue weighted by atomic mass is 32.1. The molecule has 4 aromatic rings. The maximum Gasteiger partial charge on any atom is 0.174 e. The molecular formula is C28H27N3O4S. The van der Waals surface area contributed by atoms with Crippen LogP contribution in [0.15, 0.2) is 83.4 Å². The van der Waals surface area contributed by atoms with E-state index in [0.29, 0.717) is 23.2 Å². The lowest BCUT2D eigenvalue weighted by Crippen LogP contribution is -2.29. The molecule has 1 aliphatic heterocycles. The van der Waals surface area contributed by atoms with Crippen LogP contribution >= 0.6 is 12.2 Å². The first-order chi connectivity index (χ1) is 17.6. The molecule has 1 fully saturated rings. The van der Waals surface area contributed by atoms with Crippen molar-refractivity contribution in [1.82, 2.24) is 10.3 Å². The smallest absolute Gasteiger partial charge is 0.174 e. The summed E-state index contributed by atoms with van der Waals surface area (Å²) in [7, 11) is 3.26. The van der Waals surface area contributed by atoms with E-state index in [1.54, 1.807) is 20.4 Å². The van der Waals surface area contributed by atoms with Crippen molar-refractivity contribution in [2.75, 3.05) is 25.7 Å². The summed E-state index contributed by atoms with van der Waals surface area (Å²) >= 11 is 5.83. The van der Waals surface area contributed by atoms with Crippen LogP contribution < -0.4 is 24.4 Å². The Bertz CT molecular complexity index is 1340. The molecule has 0 radical (unpaired) electrons. The van der Waals surface area contributed by atoms with E-state index in [9.17, 15) is 0 Å². The highest BCUT2D eigenvalue weighted by Gasteiger charge is 2.43. The molecule has 3 heterocycles. The number of benzene rings is 2. The highest BCUT2D eigenvalue weighted by Crippen LogP contribution is 2.46. The molecular weight excluding hydrogens is 474 g/mol. The largest absolute Gasteiger partial charge is 0.497 e. The maximum atomic E-state index is 6.45. The third kappa shape index (κ3) is 4.47. The molecule has 1 N–H and O–H groups in total. The molecule has 7 nitrogen and oxygen atoms in total. The van der Waals surface area contributed by atoms with Crippen LogP contribution in [0.1, 0.15) is 30.5 Å². The van der Waals surface area contributed by atoms with Gasteiger partial charge in [-0.15, -0.1) is 0 Å². The number of nitrogens with one attached hydrogen (secondary N) is 1. The van der Waals surface area contributed by atoms with Gasteiger partial charge in [-0.05, 0) is 79.8 Å². The van der Waals surface area contributed by atoms with Gasteiger partial charge in [-0.2, -0.15) is 0 Å². The summed E-state index contributed by atoms with van der Waals surface area (Å²) in [5, 5.41) is 4.00. The van der Waals surface area contributed by atoms with Crippen LogP contribution in [0.25, 0.3) is 11.3 Å². The zero-order valence-electron chi connectivity index (χ0n) is 20.3. The van der Waals surface area contributed by atoms with Crippen molar-refractivity contribution >= 4 is 23.0 Å². The standard InChI is InChI=1S/C28H27N3O4S/c1-4-34-19-10-8-18(9-11-19)23-14-15-24(35-23)27-26(21-7-5-6-16-29-21)30-28(36)31(27)22-13-12-20(32-2)17-25(22)33-3/h5-17,26-27H,4H2,1-3H3,(H,30,36). The molecule has 5 rings (SSSR count). The Morgan fingerprint density at radius 3 is 2.47 bits per heavy atom. The molecule has 2 aromatic carbocycles. The van der Waals surface area contributed by atoms with Crippen molar-refractivity contribution < 1.29 is 18.6 Å². The number of pyridine rings is 1. The van der Waals surface area contributed by atoms with E-state index in [-0.39, 0.29) is 12.1 Å². The molecule has 0 aliphatic carbocycles. The minimum atomic E-state index is -0.300. The van der Waals surface area contributed by atoms with Crippen LogP contribution in [0, 0.1) is 0 Å². The lowest BCUT2D eigenvalue weighted by atomic mass is 10.0. The van der Waals surface area contributed by atoms with Gasteiger partial charge >= 0.3 is 0 Å². The number of thiocarbonyl (C=S) groups is 1. The molecule has 2 unspecified atom stereocenters. The highest BCUT2D eigenvalue weighted by molar-refractivity contribution is 7.80. The predicted molar refractivity (Wildman–Crippen MR) is 143 cm³/mol. The number of nitrogens with zero attached hydrogens (tertiary/aromatic N) is 2. The molecule has 2 atom stereocenters. The molecule has 0 amide bonds. The Labute approximate surface area is 215 Å². The van der Waals surface area contributed by atoms with Gasteiger partial charge in [0, 0.05) is 17.8 Å². The predicted octanol–water partition coefficient (Wildman–Crippen LogP) is 5.93. The SMILES string of the molecule is CCOc1ccc(-c2ccc(C3C(c4ccccn4)NC(=S)N3c3ccc(OC)cc3OC)o2)cc1. The summed E-state index contributed by atoms with van der Waals surface area (Å²) in [6.07, 6.45) is 1.78. The monoisotopic (exact) mass is 501 g/mol. The minimum absolute atomic E-state index is 0.232. The first kappa shape index (κ1) is 23.7. The van der Waals surface area contributed by atoms with Gasteiger partial charge in [-0.1, -0.05) is 6.07 Å². The zero-order chi connectivity index (χ0) is 25.1. The summed E-state index contributed by atoms with van der Waals surface area (Å²) < 4.78 is 23.1. The van der Waals surface area contributed by atoms with Crippen LogP contribution in [-0.2, 0) is 0 Å². The van der Waals surface area contributed by atoms with Crippen molar-refractivity contribution in [3.63, 3.8) is 0 Å². The van der Waals surface area contributed by atoms with Crippen molar-refractivity contribution in [2.45, 2.75) is 19.0 Å². The van der Waals surface area contributed by atoms with Gasteiger partial charge in [0.2, 0.25) is 0 Å². The number of rotatable bonds is 8. The van der Waals surface area contributed by atoms with Gasteiger partial charge < -0.3 is 28.8 Å². The van der Waals surface area contributed by atoms with Crippen LogP contribution in [-0.4, -0.2) is 30.9 Å². The number of hydrogen-bond acceptors (Lipinski definition) is 6. The summed E-state index contributed by atoms with van der Waals surface area (Å²) in [5.41, 5.74) is 2.62. The Morgan fingerprint density at radius 2 is 1.78 bits per heavy atom. The number of aromatic nitrogens is 1. The van der Waals surface area contributed by atoms with Crippen molar-refractivity contribution in [3.05, 3.63) is 90.4 Å². The quantitative estimate of drug-likeness (QED) is 0.298. The Hall–Kier alpha value is -4.04. The first-order valence-corrected chi connectivity index (χ1v) is 12.1. The molecule has 0 bridgehead atoms. The van der Waals surface area contributed by atoms with E-state index in [1.165, 1.54) is 0 Å². The van der Waals surface area contributed by atoms with Gasteiger partial charge in [-0.25, -0.2) is 0 Å². The Balaban J connectivity index is 1.57. The van der Waals surface area contributed by atoms with E-state index in [2.05, 4.69) is 10.3 Å². The second kappa shape index (κ2) is 10.3.